The zero-order chi connectivity index (χ0) is 14.9. The molecule has 2 aromatic carbocycles. The zero-order valence-corrected chi connectivity index (χ0v) is 12.6. The van der Waals surface area contributed by atoms with Gasteiger partial charge in [-0.05, 0) is 49.0 Å². The van der Waals surface area contributed by atoms with Crippen LogP contribution < -0.4 is 15.5 Å². The highest BCUT2D eigenvalue weighted by Crippen LogP contribution is 2.11. The van der Waals surface area contributed by atoms with Crippen molar-refractivity contribution < 1.29 is 4.74 Å². The van der Waals surface area contributed by atoms with Crippen molar-refractivity contribution in [2.75, 3.05) is 11.9 Å². The summed E-state index contributed by atoms with van der Waals surface area (Å²) in [6.45, 7) is 2.60. The van der Waals surface area contributed by atoms with Gasteiger partial charge in [-0.1, -0.05) is 30.3 Å². The van der Waals surface area contributed by atoms with Gasteiger partial charge >= 0.3 is 0 Å². The largest absolute Gasteiger partial charge is 0.494 e. The molecule has 0 aliphatic rings. The van der Waals surface area contributed by atoms with E-state index in [2.05, 4.69) is 15.8 Å². The fraction of sp³-hybridized carbons (Fsp3) is 0.125. The minimum absolute atomic E-state index is 0.443. The highest BCUT2D eigenvalue weighted by molar-refractivity contribution is 7.80. The van der Waals surface area contributed by atoms with E-state index in [0.29, 0.717) is 11.7 Å². The normalized spacial score (nSPS) is 10.3. The highest BCUT2D eigenvalue weighted by atomic mass is 32.1. The molecule has 4 nitrogen and oxygen atoms in total. The molecule has 0 aromatic heterocycles. The van der Waals surface area contributed by atoms with Crippen LogP contribution >= 0.6 is 12.2 Å². The maximum Gasteiger partial charge on any atom is 0.191 e. The van der Waals surface area contributed by atoms with Gasteiger partial charge in [-0.25, -0.2) is 0 Å². The Morgan fingerprint density at radius 2 is 2.00 bits per heavy atom. The summed E-state index contributed by atoms with van der Waals surface area (Å²) in [6, 6.07) is 17.4. The summed E-state index contributed by atoms with van der Waals surface area (Å²) in [5.41, 5.74) is 4.64. The van der Waals surface area contributed by atoms with E-state index in [0.717, 1.165) is 17.0 Å². The molecule has 0 atom stereocenters. The van der Waals surface area contributed by atoms with E-state index in [1.165, 1.54) is 0 Å². The second kappa shape index (κ2) is 8.01. The third-order valence-corrected chi connectivity index (χ3v) is 2.77. The summed E-state index contributed by atoms with van der Waals surface area (Å²) in [4.78, 5) is 0. The Bertz CT molecular complexity index is 614. The molecule has 0 saturated carbocycles. The molecule has 2 aromatic rings. The molecule has 5 heteroatoms. The lowest BCUT2D eigenvalue weighted by Gasteiger charge is -2.06. The van der Waals surface area contributed by atoms with E-state index in [1.807, 2.05) is 61.5 Å². The molecule has 21 heavy (non-hydrogen) atoms. The molecular formula is C16H17N3OS. The molecule has 0 spiro atoms. The molecule has 0 fully saturated rings. The number of nitrogens with zero attached hydrogens (tertiary/aromatic N) is 1. The monoisotopic (exact) mass is 299 g/mol. The van der Waals surface area contributed by atoms with Gasteiger partial charge in [-0.3, -0.25) is 5.43 Å². The van der Waals surface area contributed by atoms with Crippen molar-refractivity contribution in [2.24, 2.45) is 5.10 Å². The summed E-state index contributed by atoms with van der Waals surface area (Å²) < 4.78 is 5.43. The predicted octanol–water partition coefficient (Wildman–Crippen LogP) is 3.41. The molecular weight excluding hydrogens is 282 g/mol. The van der Waals surface area contributed by atoms with Crippen LogP contribution in [-0.2, 0) is 0 Å². The lowest BCUT2D eigenvalue weighted by molar-refractivity contribution is 0.340. The number of rotatable bonds is 5. The average Bonchev–Trinajstić information content (AvgIpc) is 2.49. The van der Waals surface area contributed by atoms with Crippen LogP contribution in [0.25, 0.3) is 0 Å². The van der Waals surface area contributed by atoms with Crippen LogP contribution in [0.1, 0.15) is 12.5 Å². The van der Waals surface area contributed by atoms with Crippen molar-refractivity contribution in [1.29, 1.82) is 0 Å². The van der Waals surface area contributed by atoms with Crippen LogP contribution in [0.2, 0.25) is 0 Å². The van der Waals surface area contributed by atoms with Gasteiger partial charge in [0.15, 0.2) is 5.11 Å². The zero-order valence-electron chi connectivity index (χ0n) is 11.7. The van der Waals surface area contributed by atoms with Gasteiger partial charge in [0, 0.05) is 5.69 Å². The summed E-state index contributed by atoms with van der Waals surface area (Å²) >= 11 is 5.16. The van der Waals surface area contributed by atoms with E-state index in [9.17, 15) is 0 Å². The molecule has 0 aliphatic carbocycles. The van der Waals surface area contributed by atoms with Crippen molar-refractivity contribution in [2.45, 2.75) is 6.92 Å². The average molecular weight is 299 g/mol. The lowest BCUT2D eigenvalue weighted by atomic mass is 10.2. The van der Waals surface area contributed by atoms with Crippen LogP contribution in [-0.4, -0.2) is 17.9 Å². The van der Waals surface area contributed by atoms with Crippen LogP contribution in [0, 0.1) is 0 Å². The van der Waals surface area contributed by atoms with Gasteiger partial charge in [-0.15, -0.1) is 0 Å². The summed E-state index contributed by atoms with van der Waals surface area (Å²) in [5, 5.41) is 7.59. The number of hydrazone groups is 1. The molecule has 0 bridgehead atoms. The Balaban J connectivity index is 1.87. The first-order valence-electron chi connectivity index (χ1n) is 6.66. The van der Waals surface area contributed by atoms with Gasteiger partial charge in [0.2, 0.25) is 0 Å². The quantitative estimate of drug-likeness (QED) is 0.504. The maximum absolute atomic E-state index is 5.43. The molecule has 2 N–H and O–H groups in total. The standard InChI is InChI=1S/C16H17N3OS/c1-2-20-15-10-6-7-13(11-15)12-17-19-16(21)18-14-8-4-3-5-9-14/h3-12H,2H2,1H3,(H2,18,19,21)/b17-12+. The smallest absolute Gasteiger partial charge is 0.191 e. The number of hydrogen-bond acceptors (Lipinski definition) is 3. The number of benzene rings is 2. The first kappa shape index (κ1) is 15.0. The van der Waals surface area contributed by atoms with Crippen LogP contribution in [0.15, 0.2) is 59.7 Å². The topological polar surface area (TPSA) is 45.6 Å². The summed E-state index contributed by atoms with van der Waals surface area (Å²) in [5.74, 6) is 0.825. The Morgan fingerprint density at radius 3 is 2.76 bits per heavy atom. The third-order valence-electron chi connectivity index (χ3n) is 2.58. The molecule has 0 aliphatic heterocycles. The molecule has 2 rings (SSSR count). The van der Waals surface area contributed by atoms with Crippen LogP contribution in [0.3, 0.4) is 0 Å². The summed E-state index contributed by atoms with van der Waals surface area (Å²) in [7, 11) is 0. The minimum Gasteiger partial charge on any atom is -0.494 e. The van der Waals surface area contributed by atoms with E-state index in [-0.39, 0.29) is 0 Å². The Morgan fingerprint density at radius 1 is 1.19 bits per heavy atom. The van der Waals surface area contributed by atoms with Crippen molar-refractivity contribution in [3.05, 3.63) is 60.2 Å². The molecule has 0 heterocycles. The molecule has 0 unspecified atom stereocenters. The predicted molar refractivity (Wildman–Crippen MR) is 91.0 cm³/mol. The van der Waals surface area contributed by atoms with Gasteiger partial charge in [0.1, 0.15) is 5.75 Å². The van der Waals surface area contributed by atoms with Gasteiger partial charge < -0.3 is 10.1 Å². The fourth-order valence-electron chi connectivity index (χ4n) is 1.70. The van der Waals surface area contributed by atoms with Crippen molar-refractivity contribution in [3.63, 3.8) is 0 Å². The van der Waals surface area contributed by atoms with Crippen molar-refractivity contribution >= 4 is 29.2 Å². The fourth-order valence-corrected chi connectivity index (χ4v) is 1.87. The van der Waals surface area contributed by atoms with E-state index >= 15 is 0 Å². The first-order chi connectivity index (χ1) is 10.3. The van der Waals surface area contributed by atoms with E-state index < -0.39 is 0 Å². The minimum atomic E-state index is 0.443. The molecule has 0 saturated heterocycles. The van der Waals surface area contributed by atoms with Gasteiger partial charge in [-0.2, -0.15) is 5.10 Å². The second-order valence-corrected chi connectivity index (χ2v) is 4.60. The van der Waals surface area contributed by atoms with Crippen molar-refractivity contribution in [1.82, 2.24) is 5.43 Å². The number of hydrogen-bond donors (Lipinski definition) is 2. The summed E-state index contributed by atoms with van der Waals surface area (Å²) in [6.07, 6.45) is 1.70. The Hall–Kier alpha value is -2.40. The lowest BCUT2D eigenvalue weighted by Crippen LogP contribution is -2.23. The molecule has 0 amide bonds. The number of ether oxygens (including phenoxy) is 1. The Kier molecular flexibility index (Phi) is 5.72. The highest BCUT2D eigenvalue weighted by Gasteiger charge is 1.95. The number of thiocarbonyl (C=S) groups is 1. The van der Waals surface area contributed by atoms with Crippen molar-refractivity contribution in [3.8, 4) is 5.75 Å². The SMILES string of the molecule is CCOc1cccc(/C=N/NC(=S)Nc2ccccc2)c1. The van der Waals surface area contributed by atoms with E-state index in [1.54, 1.807) is 6.21 Å². The number of nitrogens with one attached hydrogen (secondary N) is 2. The second-order valence-electron chi connectivity index (χ2n) is 4.20. The van der Waals surface area contributed by atoms with E-state index in [4.69, 9.17) is 17.0 Å². The first-order valence-corrected chi connectivity index (χ1v) is 7.06. The third kappa shape index (κ3) is 5.24. The maximum atomic E-state index is 5.43. The molecule has 0 radical (unpaired) electrons. The van der Waals surface area contributed by atoms with Crippen LogP contribution in [0.5, 0.6) is 5.75 Å². The number of para-hydroxylation sites is 1. The molecule has 108 valence electrons. The number of anilines is 1. The van der Waals surface area contributed by atoms with Gasteiger partial charge in [0.05, 0.1) is 12.8 Å². The van der Waals surface area contributed by atoms with Gasteiger partial charge in [0.25, 0.3) is 0 Å². The van der Waals surface area contributed by atoms with Crippen LogP contribution in [0.4, 0.5) is 5.69 Å². The Labute approximate surface area is 129 Å².